The van der Waals surface area contributed by atoms with Crippen molar-refractivity contribution in [2.24, 2.45) is 0 Å². The van der Waals surface area contributed by atoms with Gasteiger partial charge in [0.25, 0.3) is 0 Å². The highest BCUT2D eigenvalue weighted by molar-refractivity contribution is 7.09. The SMILES string of the molecule is Cc1cc(-c2snnc2C2CCCN(CCc3ccccc3)C2)on1. The summed E-state index contributed by atoms with van der Waals surface area (Å²) in [4.78, 5) is 3.59. The highest BCUT2D eigenvalue weighted by Crippen LogP contribution is 2.35. The number of likely N-dealkylation sites (tertiary alicyclic amines) is 1. The first-order chi connectivity index (χ1) is 12.3. The van der Waals surface area contributed by atoms with Crippen molar-refractivity contribution < 1.29 is 4.52 Å². The Morgan fingerprint density at radius 3 is 2.96 bits per heavy atom. The van der Waals surface area contributed by atoms with Gasteiger partial charge >= 0.3 is 0 Å². The molecule has 0 N–H and O–H groups in total. The Bertz CT molecular complexity index is 814. The van der Waals surface area contributed by atoms with Crippen LogP contribution in [0.3, 0.4) is 0 Å². The number of benzene rings is 1. The van der Waals surface area contributed by atoms with E-state index in [2.05, 4.69) is 50.0 Å². The molecule has 2 aromatic heterocycles. The Labute approximate surface area is 151 Å². The number of aromatic nitrogens is 3. The van der Waals surface area contributed by atoms with Gasteiger partial charge in [-0.25, -0.2) is 0 Å². The summed E-state index contributed by atoms with van der Waals surface area (Å²) in [5.74, 6) is 1.22. The molecule has 5 nitrogen and oxygen atoms in total. The van der Waals surface area contributed by atoms with Crippen LogP contribution in [-0.2, 0) is 6.42 Å². The van der Waals surface area contributed by atoms with Crippen LogP contribution in [0, 0.1) is 6.92 Å². The van der Waals surface area contributed by atoms with Gasteiger partial charge in [-0.15, -0.1) is 5.10 Å². The fourth-order valence-corrected chi connectivity index (χ4v) is 4.22. The first kappa shape index (κ1) is 16.4. The van der Waals surface area contributed by atoms with E-state index in [0.29, 0.717) is 5.92 Å². The molecule has 3 heterocycles. The summed E-state index contributed by atoms with van der Waals surface area (Å²) in [5.41, 5.74) is 3.37. The average Bonchev–Trinajstić information content (AvgIpc) is 3.30. The van der Waals surface area contributed by atoms with Crippen LogP contribution >= 0.6 is 11.5 Å². The first-order valence-electron chi connectivity index (χ1n) is 8.82. The Hall–Kier alpha value is -2.05. The smallest absolute Gasteiger partial charge is 0.180 e. The highest BCUT2D eigenvalue weighted by atomic mass is 32.1. The fourth-order valence-electron chi connectivity index (χ4n) is 3.52. The third kappa shape index (κ3) is 3.80. The molecule has 1 unspecified atom stereocenters. The summed E-state index contributed by atoms with van der Waals surface area (Å²) in [6.45, 7) is 5.23. The van der Waals surface area contributed by atoms with E-state index in [9.17, 15) is 0 Å². The fraction of sp³-hybridized carbons (Fsp3) is 0.421. The van der Waals surface area contributed by atoms with Crippen LogP contribution in [0.5, 0.6) is 0 Å². The molecule has 130 valence electrons. The Kier molecular flexibility index (Phi) is 4.90. The molecule has 0 saturated carbocycles. The zero-order valence-electron chi connectivity index (χ0n) is 14.4. The molecule has 0 aliphatic carbocycles. The normalized spacial score (nSPS) is 18.5. The molecule has 1 fully saturated rings. The van der Waals surface area contributed by atoms with E-state index in [1.54, 1.807) is 0 Å². The molecule has 6 heteroatoms. The second-order valence-corrected chi connectivity index (χ2v) is 7.45. The Morgan fingerprint density at radius 1 is 1.28 bits per heavy atom. The lowest BCUT2D eigenvalue weighted by Crippen LogP contribution is -2.36. The zero-order valence-corrected chi connectivity index (χ0v) is 15.2. The van der Waals surface area contributed by atoms with Crippen molar-refractivity contribution in [3.05, 3.63) is 53.3 Å². The third-order valence-corrected chi connectivity index (χ3v) is 5.57. The van der Waals surface area contributed by atoms with E-state index >= 15 is 0 Å². The Morgan fingerprint density at radius 2 is 2.16 bits per heavy atom. The van der Waals surface area contributed by atoms with Gasteiger partial charge in [-0.05, 0) is 49.8 Å². The van der Waals surface area contributed by atoms with Gasteiger partial charge in [-0.1, -0.05) is 40.0 Å². The van der Waals surface area contributed by atoms with Gasteiger partial charge in [0.1, 0.15) is 4.88 Å². The number of piperidine rings is 1. The molecule has 1 aliphatic rings. The minimum atomic E-state index is 0.420. The van der Waals surface area contributed by atoms with Gasteiger partial charge in [0.15, 0.2) is 5.76 Å². The van der Waals surface area contributed by atoms with Crippen LogP contribution in [-0.4, -0.2) is 39.3 Å². The molecule has 1 aliphatic heterocycles. The number of hydrogen-bond donors (Lipinski definition) is 0. The first-order valence-corrected chi connectivity index (χ1v) is 9.59. The third-order valence-electron chi connectivity index (χ3n) is 4.82. The maximum Gasteiger partial charge on any atom is 0.180 e. The quantitative estimate of drug-likeness (QED) is 0.695. The van der Waals surface area contributed by atoms with Crippen molar-refractivity contribution in [1.29, 1.82) is 0 Å². The summed E-state index contributed by atoms with van der Waals surface area (Å²) in [6, 6.07) is 12.7. The maximum absolute atomic E-state index is 5.44. The minimum Gasteiger partial charge on any atom is -0.355 e. The second kappa shape index (κ2) is 7.45. The number of rotatable bonds is 5. The van der Waals surface area contributed by atoms with Gasteiger partial charge in [0.05, 0.1) is 11.4 Å². The lowest BCUT2D eigenvalue weighted by atomic mass is 9.93. The van der Waals surface area contributed by atoms with Gasteiger partial charge in [0, 0.05) is 25.1 Å². The minimum absolute atomic E-state index is 0.420. The predicted octanol–water partition coefficient (Wildman–Crippen LogP) is 3.92. The standard InChI is InChI=1S/C19H22N4OS/c1-14-12-17(24-21-14)19-18(20-22-25-19)16-8-5-10-23(13-16)11-9-15-6-3-2-4-7-15/h2-4,6-7,12,16H,5,8-11,13H2,1H3. The molecule has 4 rings (SSSR count). The van der Waals surface area contributed by atoms with Gasteiger partial charge in [0.2, 0.25) is 0 Å². The van der Waals surface area contributed by atoms with Gasteiger partial charge in [-0.2, -0.15) is 0 Å². The van der Waals surface area contributed by atoms with E-state index < -0.39 is 0 Å². The van der Waals surface area contributed by atoms with Crippen LogP contribution in [0.1, 0.15) is 35.7 Å². The van der Waals surface area contributed by atoms with Crippen LogP contribution in [0.4, 0.5) is 0 Å². The summed E-state index contributed by atoms with van der Waals surface area (Å²) in [6.07, 6.45) is 3.45. The molecule has 1 atom stereocenters. The summed E-state index contributed by atoms with van der Waals surface area (Å²) < 4.78 is 9.63. The van der Waals surface area contributed by atoms with Crippen molar-refractivity contribution in [2.45, 2.75) is 32.1 Å². The lowest BCUT2D eigenvalue weighted by Gasteiger charge is -2.32. The second-order valence-electron chi connectivity index (χ2n) is 6.70. The number of nitrogens with zero attached hydrogens (tertiary/aromatic N) is 4. The van der Waals surface area contributed by atoms with Crippen LogP contribution in [0.15, 0.2) is 40.9 Å². The van der Waals surface area contributed by atoms with Gasteiger partial charge in [-0.3, -0.25) is 0 Å². The van der Waals surface area contributed by atoms with Crippen LogP contribution in [0.2, 0.25) is 0 Å². The molecule has 25 heavy (non-hydrogen) atoms. The Balaban J connectivity index is 1.44. The predicted molar refractivity (Wildman–Crippen MR) is 98.7 cm³/mol. The molecule has 0 radical (unpaired) electrons. The molecule has 1 aromatic carbocycles. The van der Waals surface area contributed by atoms with E-state index in [4.69, 9.17) is 4.52 Å². The molecule has 3 aromatic rings. The molecule has 1 saturated heterocycles. The zero-order chi connectivity index (χ0) is 17.1. The number of hydrogen-bond acceptors (Lipinski definition) is 6. The summed E-state index contributed by atoms with van der Waals surface area (Å²) in [5, 5.41) is 8.43. The van der Waals surface area contributed by atoms with Crippen molar-refractivity contribution >= 4 is 11.5 Å². The van der Waals surface area contributed by atoms with Crippen molar-refractivity contribution in [2.75, 3.05) is 19.6 Å². The summed E-state index contributed by atoms with van der Waals surface area (Å²) in [7, 11) is 0. The van der Waals surface area contributed by atoms with Gasteiger partial charge < -0.3 is 9.42 Å². The molecule has 0 amide bonds. The molecule has 0 bridgehead atoms. The number of aryl methyl sites for hydroxylation is 1. The molecule has 0 spiro atoms. The van der Waals surface area contributed by atoms with E-state index in [0.717, 1.165) is 54.5 Å². The van der Waals surface area contributed by atoms with Crippen LogP contribution in [0.25, 0.3) is 10.6 Å². The molecular weight excluding hydrogens is 332 g/mol. The van der Waals surface area contributed by atoms with E-state index in [1.165, 1.54) is 23.5 Å². The highest BCUT2D eigenvalue weighted by Gasteiger charge is 2.27. The van der Waals surface area contributed by atoms with E-state index in [-0.39, 0.29) is 0 Å². The molecular formula is C19H22N4OS. The topological polar surface area (TPSA) is 55.1 Å². The van der Waals surface area contributed by atoms with Crippen molar-refractivity contribution in [1.82, 2.24) is 19.6 Å². The average molecular weight is 354 g/mol. The maximum atomic E-state index is 5.44. The van der Waals surface area contributed by atoms with Crippen LogP contribution < -0.4 is 0 Å². The lowest BCUT2D eigenvalue weighted by molar-refractivity contribution is 0.208. The van der Waals surface area contributed by atoms with E-state index in [1.807, 2.05) is 13.0 Å². The van der Waals surface area contributed by atoms with Crippen molar-refractivity contribution in [3.63, 3.8) is 0 Å². The monoisotopic (exact) mass is 354 g/mol. The van der Waals surface area contributed by atoms with Crippen molar-refractivity contribution in [3.8, 4) is 10.6 Å². The largest absolute Gasteiger partial charge is 0.355 e. The summed E-state index contributed by atoms with van der Waals surface area (Å²) >= 11 is 1.41.